The van der Waals surface area contributed by atoms with Crippen molar-refractivity contribution in [3.8, 4) is 0 Å². The van der Waals surface area contributed by atoms with E-state index in [2.05, 4.69) is 4.90 Å². The van der Waals surface area contributed by atoms with Gasteiger partial charge in [-0.2, -0.15) is 0 Å². The van der Waals surface area contributed by atoms with Crippen LogP contribution >= 0.6 is 11.6 Å². The van der Waals surface area contributed by atoms with Crippen molar-refractivity contribution in [3.05, 3.63) is 34.6 Å². The molecule has 1 aliphatic rings. The zero-order valence-electron chi connectivity index (χ0n) is 10.5. The van der Waals surface area contributed by atoms with Crippen LogP contribution < -0.4 is 5.73 Å². The van der Waals surface area contributed by atoms with Crippen LogP contribution in [0.1, 0.15) is 31.2 Å². The van der Waals surface area contributed by atoms with Crippen LogP contribution in [-0.4, -0.2) is 24.0 Å². The first-order chi connectivity index (χ1) is 8.69. The summed E-state index contributed by atoms with van der Waals surface area (Å²) < 4.78 is 13.3. The maximum Gasteiger partial charge on any atom is 0.125 e. The van der Waals surface area contributed by atoms with Gasteiger partial charge in [-0.3, -0.25) is 4.90 Å². The molecule has 0 aliphatic carbocycles. The molecule has 0 amide bonds. The van der Waals surface area contributed by atoms with Crippen molar-refractivity contribution >= 4 is 11.6 Å². The molecule has 0 aromatic heterocycles. The molecule has 0 bridgehead atoms. The maximum atomic E-state index is 13.3. The predicted molar refractivity (Wildman–Crippen MR) is 73.1 cm³/mol. The van der Waals surface area contributed by atoms with Gasteiger partial charge >= 0.3 is 0 Å². The Morgan fingerprint density at radius 3 is 2.89 bits per heavy atom. The molecule has 4 heteroatoms. The summed E-state index contributed by atoms with van der Waals surface area (Å²) in [6.07, 6.45) is 4.69. The lowest BCUT2D eigenvalue weighted by Gasteiger charge is -2.35. The van der Waals surface area contributed by atoms with Crippen molar-refractivity contribution in [2.75, 3.05) is 13.1 Å². The largest absolute Gasteiger partial charge is 0.330 e. The van der Waals surface area contributed by atoms with Gasteiger partial charge in [-0.25, -0.2) is 4.39 Å². The van der Waals surface area contributed by atoms with Crippen molar-refractivity contribution in [1.82, 2.24) is 4.90 Å². The number of nitrogens with two attached hydrogens (primary N) is 1. The molecule has 18 heavy (non-hydrogen) atoms. The molecule has 0 saturated carbocycles. The van der Waals surface area contributed by atoms with E-state index in [9.17, 15) is 4.39 Å². The molecule has 2 rings (SSSR count). The fourth-order valence-corrected chi connectivity index (χ4v) is 2.97. The summed E-state index contributed by atoms with van der Waals surface area (Å²) in [6, 6.07) is 5.29. The van der Waals surface area contributed by atoms with Gasteiger partial charge in [-0.15, -0.1) is 0 Å². The van der Waals surface area contributed by atoms with Gasteiger partial charge in [0.15, 0.2) is 0 Å². The van der Waals surface area contributed by atoms with E-state index in [-0.39, 0.29) is 5.82 Å². The summed E-state index contributed by atoms with van der Waals surface area (Å²) in [5.74, 6) is -0.259. The minimum absolute atomic E-state index is 0.259. The maximum absolute atomic E-state index is 13.3. The number of benzene rings is 1. The second-order valence-electron chi connectivity index (χ2n) is 4.98. The number of piperidine rings is 1. The molecule has 0 radical (unpaired) electrons. The van der Waals surface area contributed by atoms with Crippen LogP contribution in [0.5, 0.6) is 0 Å². The van der Waals surface area contributed by atoms with E-state index in [1.165, 1.54) is 25.3 Å². The molecular weight excluding hydrogens is 251 g/mol. The zero-order chi connectivity index (χ0) is 13.0. The molecule has 1 fully saturated rings. The van der Waals surface area contributed by atoms with Gasteiger partial charge in [0.25, 0.3) is 0 Å². The zero-order valence-corrected chi connectivity index (χ0v) is 11.3. The Labute approximate surface area is 113 Å². The summed E-state index contributed by atoms with van der Waals surface area (Å²) in [4.78, 5) is 2.40. The van der Waals surface area contributed by atoms with Gasteiger partial charge in [0.1, 0.15) is 5.82 Å². The van der Waals surface area contributed by atoms with Gasteiger partial charge in [-0.1, -0.05) is 18.0 Å². The molecule has 2 N–H and O–H groups in total. The van der Waals surface area contributed by atoms with Crippen molar-refractivity contribution in [2.24, 2.45) is 5.73 Å². The van der Waals surface area contributed by atoms with Crippen molar-refractivity contribution < 1.29 is 4.39 Å². The van der Waals surface area contributed by atoms with E-state index in [1.807, 2.05) is 6.07 Å². The molecule has 1 heterocycles. The van der Waals surface area contributed by atoms with E-state index in [4.69, 9.17) is 17.3 Å². The quantitative estimate of drug-likeness (QED) is 0.911. The third-order valence-corrected chi connectivity index (χ3v) is 3.78. The first-order valence-electron chi connectivity index (χ1n) is 6.58. The van der Waals surface area contributed by atoms with Crippen LogP contribution in [0.4, 0.5) is 4.39 Å². The van der Waals surface area contributed by atoms with Crippen molar-refractivity contribution in [1.29, 1.82) is 0 Å². The average molecular weight is 271 g/mol. The highest BCUT2D eigenvalue weighted by Gasteiger charge is 2.21. The molecule has 1 saturated heterocycles. The number of rotatable bonds is 4. The Kier molecular flexibility index (Phi) is 4.98. The Hall–Kier alpha value is -0.640. The minimum Gasteiger partial charge on any atom is -0.330 e. The Morgan fingerprint density at radius 1 is 1.33 bits per heavy atom. The number of hydrogen-bond acceptors (Lipinski definition) is 2. The van der Waals surface area contributed by atoms with E-state index in [0.29, 0.717) is 17.6 Å². The van der Waals surface area contributed by atoms with Gasteiger partial charge in [-0.05, 0) is 56.1 Å². The summed E-state index contributed by atoms with van der Waals surface area (Å²) in [5, 5.41) is 0.470. The molecule has 100 valence electrons. The minimum atomic E-state index is -0.259. The van der Waals surface area contributed by atoms with Crippen LogP contribution in [-0.2, 0) is 6.54 Å². The first kappa shape index (κ1) is 13.8. The lowest BCUT2D eigenvalue weighted by atomic mass is 9.98. The Morgan fingerprint density at radius 2 is 2.17 bits per heavy atom. The fraction of sp³-hybridized carbons (Fsp3) is 0.571. The normalized spacial score (nSPS) is 21.2. The van der Waals surface area contributed by atoms with E-state index in [1.54, 1.807) is 6.07 Å². The van der Waals surface area contributed by atoms with Gasteiger partial charge in [0, 0.05) is 17.6 Å². The summed E-state index contributed by atoms with van der Waals surface area (Å²) >= 11 is 5.89. The monoisotopic (exact) mass is 270 g/mol. The van der Waals surface area contributed by atoms with Crippen LogP contribution in [0.25, 0.3) is 0 Å². The highest BCUT2D eigenvalue weighted by atomic mass is 35.5. The van der Waals surface area contributed by atoms with Crippen LogP contribution in [0.2, 0.25) is 5.02 Å². The molecule has 1 unspecified atom stereocenters. The van der Waals surface area contributed by atoms with Crippen LogP contribution in [0.3, 0.4) is 0 Å². The Bertz CT molecular complexity index is 375. The molecule has 1 aliphatic heterocycles. The van der Waals surface area contributed by atoms with Gasteiger partial charge in [0.2, 0.25) is 0 Å². The van der Waals surface area contributed by atoms with Crippen molar-refractivity contribution in [2.45, 2.75) is 38.3 Å². The lowest BCUT2D eigenvalue weighted by molar-refractivity contribution is 0.134. The summed E-state index contributed by atoms with van der Waals surface area (Å²) in [6.45, 7) is 2.55. The molecular formula is C14H20ClFN2. The molecule has 1 aromatic rings. The second-order valence-corrected chi connectivity index (χ2v) is 5.41. The van der Waals surface area contributed by atoms with E-state index < -0.39 is 0 Å². The highest BCUT2D eigenvalue weighted by Crippen LogP contribution is 2.23. The molecule has 0 spiro atoms. The fourth-order valence-electron chi connectivity index (χ4n) is 2.72. The SMILES string of the molecule is NCCC1CCCCN1Cc1cc(F)cc(Cl)c1. The van der Waals surface area contributed by atoms with Gasteiger partial charge < -0.3 is 5.73 Å². The number of halogens is 2. The van der Waals surface area contributed by atoms with Crippen LogP contribution in [0, 0.1) is 5.82 Å². The molecule has 1 aromatic carbocycles. The second kappa shape index (κ2) is 6.50. The predicted octanol–water partition coefficient (Wildman–Crippen LogP) is 3.18. The Balaban J connectivity index is 2.05. The smallest absolute Gasteiger partial charge is 0.125 e. The third kappa shape index (κ3) is 3.67. The molecule has 2 nitrogen and oxygen atoms in total. The standard InChI is InChI=1S/C14H20ClFN2/c15-12-7-11(8-13(16)9-12)10-18-6-2-1-3-14(18)4-5-17/h7-9,14H,1-6,10,17H2. The topological polar surface area (TPSA) is 29.3 Å². The number of hydrogen-bond donors (Lipinski definition) is 1. The summed E-state index contributed by atoms with van der Waals surface area (Å²) in [5.41, 5.74) is 6.60. The van der Waals surface area contributed by atoms with E-state index in [0.717, 1.165) is 25.1 Å². The molecule has 1 atom stereocenters. The highest BCUT2D eigenvalue weighted by molar-refractivity contribution is 6.30. The van der Waals surface area contributed by atoms with Crippen molar-refractivity contribution in [3.63, 3.8) is 0 Å². The van der Waals surface area contributed by atoms with E-state index >= 15 is 0 Å². The van der Waals surface area contributed by atoms with Crippen LogP contribution in [0.15, 0.2) is 18.2 Å². The first-order valence-corrected chi connectivity index (χ1v) is 6.96. The number of nitrogens with zero attached hydrogens (tertiary/aromatic N) is 1. The lowest BCUT2D eigenvalue weighted by Crippen LogP contribution is -2.40. The number of likely N-dealkylation sites (tertiary alicyclic amines) is 1. The average Bonchev–Trinajstić information content (AvgIpc) is 2.30. The van der Waals surface area contributed by atoms with Gasteiger partial charge in [0.05, 0.1) is 0 Å². The third-order valence-electron chi connectivity index (χ3n) is 3.56. The summed E-state index contributed by atoms with van der Waals surface area (Å²) in [7, 11) is 0.